The summed E-state index contributed by atoms with van der Waals surface area (Å²) in [4.78, 5) is 2.47. The Kier molecular flexibility index (Phi) is 4.66. The van der Waals surface area contributed by atoms with Crippen LogP contribution in [0.2, 0.25) is 0 Å². The van der Waals surface area contributed by atoms with Crippen LogP contribution in [-0.4, -0.2) is 38.8 Å². The van der Waals surface area contributed by atoms with E-state index in [4.69, 9.17) is 15.2 Å². The molecular formula is C15H24N2O2. The van der Waals surface area contributed by atoms with Crippen LogP contribution >= 0.6 is 0 Å². The molecule has 0 saturated carbocycles. The standard InChI is InChI=1S/C15H24N2O2/c1-11(17-7-6-12(9-16)10-17)14-5-4-13(18-2)8-15(14)19-3/h4-5,8,11-12H,6-7,9-10,16H2,1-3H3. The largest absolute Gasteiger partial charge is 0.497 e. The van der Waals surface area contributed by atoms with Gasteiger partial charge in [-0.05, 0) is 38.4 Å². The summed E-state index contributed by atoms with van der Waals surface area (Å²) in [6, 6.07) is 6.38. The summed E-state index contributed by atoms with van der Waals surface area (Å²) in [6.07, 6.45) is 1.19. The maximum atomic E-state index is 5.76. The van der Waals surface area contributed by atoms with Gasteiger partial charge in [0.1, 0.15) is 11.5 Å². The maximum Gasteiger partial charge on any atom is 0.127 e. The molecule has 1 fully saturated rings. The molecule has 2 atom stereocenters. The third-order valence-electron chi connectivity index (χ3n) is 4.09. The summed E-state index contributed by atoms with van der Waals surface area (Å²) >= 11 is 0. The van der Waals surface area contributed by atoms with E-state index >= 15 is 0 Å². The summed E-state index contributed by atoms with van der Waals surface area (Å²) in [5, 5.41) is 0. The van der Waals surface area contributed by atoms with E-state index in [9.17, 15) is 0 Å². The third kappa shape index (κ3) is 3.01. The smallest absolute Gasteiger partial charge is 0.127 e. The minimum absolute atomic E-state index is 0.345. The van der Waals surface area contributed by atoms with Gasteiger partial charge in [-0.1, -0.05) is 6.07 Å². The predicted molar refractivity (Wildman–Crippen MR) is 76.7 cm³/mol. The zero-order valence-electron chi connectivity index (χ0n) is 12.1. The van der Waals surface area contributed by atoms with E-state index in [1.165, 1.54) is 12.0 Å². The Balaban J connectivity index is 2.16. The summed E-state index contributed by atoms with van der Waals surface area (Å²) in [5.74, 6) is 2.35. The van der Waals surface area contributed by atoms with E-state index in [0.29, 0.717) is 12.0 Å². The highest BCUT2D eigenvalue weighted by Crippen LogP contribution is 2.34. The van der Waals surface area contributed by atoms with Crippen molar-refractivity contribution in [1.29, 1.82) is 0 Å². The van der Waals surface area contributed by atoms with Crippen molar-refractivity contribution in [3.05, 3.63) is 23.8 Å². The van der Waals surface area contributed by atoms with Gasteiger partial charge < -0.3 is 15.2 Å². The van der Waals surface area contributed by atoms with Crippen LogP contribution in [0.5, 0.6) is 11.5 Å². The second-order valence-electron chi connectivity index (χ2n) is 5.17. The first kappa shape index (κ1) is 14.2. The minimum atomic E-state index is 0.345. The Morgan fingerprint density at radius 1 is 1.37 bits per heavy atom. The molecule has 0 amide bonds. The van der Waals surface area contributed by atoms with Crippen molar-refractivity contribution in [2.45, 2.75) is 19.4 Å². The highest BCUT2D eigenvalue weighted by molar-refractivity contribution is 5.42. The van der Waals surface area contributed by atoms with Crippen LogP contribution in [0.4, 0.5) is 0 Å². The fourth-order valence-electron chi connectivity index (χ4n) is 2.77. The van der Waals surface area contributed by atoms with Gasteiger partial charge in [-0.3, -0.25) is 4.90 Å². The van der Waals surface area contributed by atoms with Crippen LogP contribution in [0.15, 0.2) is 18.2 Å². The summed E-state index contributed by atoms with van der Waals surface area (Å²) < 4.78 is 10.7. The van der Waals surface area contributed by atoms with Crippen molar-refractivity contribution in [2.75, 3.05) is 33.9 Å². The van der Waals surface area contributed by atoms with Gasteiger partial charge in [0.25, 0.3) is 0 Å². The molecule has 0 aliphatic carbocycles. The molecule has 1 saturated heterocycles. The first-order valence-corrected chi connectivity index (χ1v) is 6.85. The topological polar surface area (TPSA) is 47.7 Å². The zero-order chi connectivity index (χ0) is 13.8. The van der Waals surface area contributed by atoms with Gasteiger partial charge in [-0.2, -0.15) is 0 Å². The second kappa shape index (κ2) is 6.26. The Hall–Kier alpha value is -1.26. The Morgan fingerprint density at radius 2 is 2.16 bits per heavy atom. The first-order chi connectivity index (χ1) is 9.19. The molecule has 0 aromatic heterocycles. The number of hydrogen-bond acceptors (Lipinski definition) is 4. The van der Waals surface area contributed by atoms with E-state index in [1.807, 2.05) is 12.1 Å². The highest BCUT2D eigenvalue weighted by Gasteiger charge is 2.27. The average molecular weight is 264 g/mol. The van der Waals surface area contributed by atoms with Crippen LogP contribution < -0.4 is 15.2 Å². The fourth-order valence-corrected chi connectivity index (χ4v) is 2.77. The van der Waals surface area contributed by atoms with Crippen molar-refractivity contribution in [3.8, 4) is 11.5 Å². The van der Waals surface area contributed by atoms with E-state index in [0.717, 1.165) is 31.1 Å². The Morgan fingerprint density at radius 3 is 2.74 bits per heavy atom. The minimum Gasteiger partial charge on any atom is -0.497 e. The van der Waals surface area contributed by atoms with Crippen molar-refractivity contribution in [3.63, 3.8) is 0 Å². The molecule has 0 spiro atoms. The predicted octanol–water partition coefficient (Wildman–Crippen LogP) is 2.05. The molecule has 1 aromatic carbocycles. The van der Waals surface area contributed by atoms with E-state index in [1.54, 1.807) is 14.2 Å². The van der Waals surface area contributed by atoms with Crippen LogP contribution in [0, 0.1) is 5.92 Å². The summed E-state index contributed by atoms with van der Waals surface area (Å²) in [7, 11) is 3.38. The number of rotatable bonds is 5. The van der Waals surface area contributed by atoms with Crippen molar-refractivity contribution < 1.29 is 9.47 Å². The van der Waals surface area contributed by atoms with Gasteiger partial charge in [-0.25, -0.2) is 0 Å². The quantitative estimate of drug-likeness (QED) is 0.884. The van der Waals surface area contributed by atoms with Crippen molar-refractivity contribution >= 4 is 0 Å². The average Bonchev–Trinajstić information content (AvgIpc) is 2.94. The zero-order valence-corrected chi connectivity index (χ0v) is 12.1. The van der Waals surface area contributed by atoms with Gasteiger partial charge in [0.2, 0.25) is 0 Å². The van der Waals surface area contributed by atoms with Gasteiger partial charge in [0, 0.05) is 24.2 Å². The first-order valence-electron chi connectivity index (χ1n) is 6.85. The molecule has 2 N–H and O–H groups in total. The molecule has 0 radical (unpaired) electrons. The lowest BCUT2D eigenvalue weighted by molar-refractivity contribution is 0.247. The molecule has 1 aliphatic heterocycles. The maximum absolute atomic E-state index is 5.76. The number of benzene rings is 1. The van der Waals surface area contributed by atoms with Gasteiger partial charge in [0.15, 0.2) is 0 Å². The Bertz CT molecular complexity index is 423. The van der Waals surface area contributed by atoms with Crippen LogP contribution in [0.25, 0.3) is 0 Å². The third-order valence-corrected chi connectivity index (χ3v) is 4.09. The second-order valence-corrected chi connectivity index (χ2v) is 5.17. The molecule has 106 valence electrons. The summed E-state index contributed by atoms with van der Waals surface area (Å²) in [6.45, 7) is 5.19. The Labute approximate surface area is 115 Å². The van der Waals surface area contributed by atoms with E-state index in [2.05, 4.69) is 17.9 Å². The van der Waals surface area contributed by atoms with Gasteiger partial charge in [0.05, 0.1) is 14.2 Å². The number of nitrogens with zero attached hydrogens (tertiary/aromatic N) is 1. The number of nitrogens with two attached hydrogens (primary N) is 1. The molecule has 1 heterocycles. The molecule has 0 bridgehead atoms. The van der Waals surface area contributed by atoms with Gasteiger partial charge >= 0.3 is 0 Å². The van der Waals surface area contributed by atoms with Crippen LogP contribution in [-0.2, 0) is 0 Å². The number of likely N-dealkylation sites (tertiary alicyclic amines) is 1. The monoisotopic (exact) mass is 264 g/mol. The number of ether oxygens (including phenoxy) is 2. The lowest BCUT2D eigenvalue weighted by Gasteiger charge is -2.26. The van der Waals surface area contributed by atoms with Crippen molar-refractivity contribution in [1.82, 2.24) is 4.90 Å². The number of methoxy groups -OCH3 is 2. The van der Waals surface area contributed by atoms with E-state index < -0.39 is 0 Å². The summed E-state index contributed by atoms with van der Waals surface area (Å²) in [5.41, 5.74) is 6.97. The molecule has 19 heavy (non-hydrogen) atoms. The lowest BCUT2D eigenvalue weighted by Crippen LogP contribution is -2.26. The lowest BCUT2D eigenvalue weighted by atomic mass is 10.1. The fraction of sp³-hybridized carbons (Fsp3) is 0.600. The molecule has 4 nitrogen and oxygen atoms in total. The van der Waals surface area contributed by atoms with E-state index in [-0.39, 0.29) is 0 Å². The molecule has 2 unspecified atom stereocenters. The van der Waals surface area contributed by atoms with Gasteiger partial charge in [-0.15, -0.1) is 0 Å². The normalized spacial score (nSPS) is 21.4. The molecule has 1 aliphatic rings. The van der Waals surface area contributed by atoms with Crippen molar-refractivity contribution in [2.24, 2.45) is 11.7 Å². The van der Waals surface area contributed by atoms with Crippen LogP contribution in [0.3, 0.4) is 0 Å². The molecule has 4 heteroatoms. The number of hydrogen-bond donors (Lipinski definition) is 1. The SMILES string of the molecule is COc1ccc(C(C)N2CCC(CN)C2)c(OC)c1. The molecule has 1 aromatic rings. The highest BCUT2D eigenvalue weighted by atomic mass is 16.5. The molecular weight excluding hydrogens is 240 g/mol. The van der Waals surface area contributed by atoms with Crippen LogP contribution in [0.1, 0.15) is 24.9 Å². The molecule has 2 rings (SSSR count).